The van der Waals surface area contributed by atoms with Crippen LogP contribution >= 0.6 is 7.82 Å². The molecule has 0 bridgehead atoms. The number of phosphoric ester groups is 1. The highest BCUT2D eigenvalue weighted by atomic mass is 31.2. The molecule has 1 atom stereocenters. The lowest BCUT2D eigenvalue weighted by molar-refractivity contribution is -0.870. The maximum Gasteiger partial charge on any atom is 0.268 e. The van der Waals surface area contributed by atoms with Gasteiger partial charge in [0.25, 0.3) is 7.82 Å². The van der Waals surface area contributed by atoms with Gasteiger partial charge in [-0.25, -0.2) is 0 Å². The van der Waals surface area contributed by atoms with Crippen molar-refractivity contribution in [1.29, 1.82) is 0 Å². The molecule has 0 radical (unpaired) electrons. The van der Waals surface area contributed by atoms with Gasteiger partial charge in [-0.05, 0) is 72.0 Å². The third-order valence-electron chi connectivity index (χ3n) is 14.1. The molecule has 0 aliphatic carbocycles. The highest BCUT2D eigenvalue weighted by Gasteiger charge is 2.44. The third-order valence-corrected chi connectivity index (χ3v) is 15.1. The van der Waals surface area contributed by atoms with Crippen molar-refractivity contribution in [1.82, 2.24) is 0 Å². The quantitative estimate of drug-likeness (QED) is 0.0187. The summed E-state index contributed by atoms with van der Waals surface area (Å²) in [7, 11) is 4.02. The van der Waals surface area contributed by atoms with Gasteiger partial charge in [0.2, 0.25) is 5.69 Å². The highest BCUT2D eigenvalue weighted by Crippen LogP contribution is 2.51. The molecule has 0 aromatic heterocycles. The van der Waals surface area contributed by atoms with Gasteiger partial charge >= 0.3 is 0 Å². The Kier molecular flexibility index (Phi) is 19.1. The van der Waals surface area contributed by atoms with Crippen LogP contribution in [0.1, 0.15) is 142 Å². The molecular formula is C59H83N3O4P+. The van der Waals surface area contributed by atoms with E-state index in [-0.39, 0.29) is 24.0 Å². The number of fused-ring (bicyclic) bond motifs is 6. The zero-order valence-electron chi connectivity index (χ0n) is 42.5. The maximum absolute atomic E-state index is 11.9. The number of benzene rings is 4. The maximum atomic E-state index is 11.9. The van der Waals surface area contributed by atoms with Crippen LogP contribution in [-0.4, -0.2) is 69.3 Å². The summed E-state index contributed by atoms with van der Waals surface area (Å²) in [6, 6.07) is 26.8. The van der Waals surface area contributed by atoms with Crippen molar-refractivity contribution in [3.8, 4) is 0 Å². The Bertz CT molecular complexity index is 2450. The summed E-state index contributed by atoms with van der Waals surface area (Å²) in [4.78, 5) is 14.5. The number of anilines is 1. The van der Waals surface area contributed by atoms with E-state index in [1.807, 2.05) is 21.1 Å². The Balaban J connectivity index is 0.886. The Morgan fingerprint density at radius 2 is 1.09 bits per heavy atom. The molecule has 0 fully saturated rings. The van der Waals surface area contributed by atoms with Gasteiger partial charge < -0.3 is 23.3 Å². The molecule has 7 nitrogen and oxygen atoms in total. The van der Waals surface area contributed by atoms with Gasteiger partial charge in [-0.3, -0.25) is 4.57 Å². The largest absolute Gasteiger partial charge is 0.756 e. The van der Waals surface area contributed by atoms with E-state index in [2.05, 4.69) is 160 Å². The summed E-state index contributed by atoms with van der Waals surface area (Å²) in [5, 5.41) is 5.31. The molecule has 4 aromatic carbocycles. The number of hydrogen-bond acceptors (Lipinski definition) is 5. The zero-order chi connectivity index (χ0) is 47.9. The van der Waals surface area contributed by atoms with Gasteiger partial charge in [0, 0.05) is 41.1 Å². The molecule has 2 aliphatic heterocycles. The molecule has 0 N–H and O–H groups in total. The molecule has 6 rings (SSSR count). The van der Waals surface area contributed by atoms with E-state index in [0.717, 1.165) is 25.8 Å². The average molecular weight is 929 g/mol. The van der Waals surface area contributed by atoms with Crippen molar-refractivity contribution in [2.45, 2.75) is 141 Å². The number of likely N-dealkylation sites (N-methyl/N-ethyl adjacent to an activating group) is 1. The highest BCUT2D eigenvalue weighted by molar-refractivity contribution is 7.45. The number of unbranched alkanes of at least 4 members (excludes halogenated alkanes) is 15. The first-order chi connectivity index (χ1) is 32.1. The molecule has 8 heteroatoms. The summed E-state index contributed by atoms with van der Waals surface area (Å²) in [6.07, 6.45) is 35.4. The molecule has 67 heavy (non-hydrogen) atoms. The summed E-state index contributed by atoms with van der Waals surface area (Å²) in [5.74, 6) is 0. The fourth-order valence-electron chi connectivity index (χ4n) is 10.4. The van der Waals surface area contributed by atoms with Crippen molar-refractivity contribution >= 4 is 46.5 Å². The van der Waals surface area contributed by atoms with Crippen LogP contribution in [0.25, 0.3) is 21.5 Å². The van der Waals surface area contributed by atoms with E-state index in [0.29, 0.717) is 11.0 Å². The van der Waals surface area contributed by atoms with Gasteiger partial charge in [-0.1, -0.05) is 189 Å². The first-order valence-corrected chi connectivity index (χ1v) is 27.1. The summed E-state index contributed by atoms with van der Waals surface area (Å²) in [5.41, 5.74) is 8.01. The van der Waals surface area contributed by atoms with E-state index in [4.69, 9.17) is 9.05 Å². The van der Waals surface area contributed by atoms with E-state index in [1.54, 1.807) is 0 Å². The molecule has 2 aliphatic rings. The number of allylic oxidation sites excluding steroid dienone is 8. The predicted molar refractivity (Wildman–Crippen MR) is 284 cm³/mol. The molecular weight excluding hydrogens is 846 g/mol. The molecule has 0 amide bonds. The molecule has 362 valence electrons. The molecule has 0 saturated heterocycles. The summed E-state index contributed by atoms with van der Waals surface area (Å²) >= 11 is 0. The monoisotopic (exact) mass is 929 g/mol. The number of rotatable bonds is 28. The standard InChI is InChI=1S/C59H83N3O4P/c1-58(2)54(60(5)52-42-40-48-34-28-30-36-50(48)56(52)58)38-26-22-21-23-27-39-55-59(3,4)57-51-37-31-29-35-49(51)41-43-53(57)61(55)44-32-24-19-17-15-13-11-9-10-12-14-16-18-20-25-33-46-65-67(63,64)66-47-45-62(6,7)8/h21-23,26-31,34-43H,9-20,24-25,32-33,44-47H2,1-8H3/q+1. The van der Waals surface area contributed by atoms with Gasteiger partial charge in [0.1, 0.15) is 20.2 Å². The van der Waals surface area contributed by atoms with Crippen LogP contribution in [0.3, 0.4) is 0 Å². The van der Waals surface area contributed by atoms with Crippen LogP contribution in [0.4, 0.5) is 11.4 Å². The predicted octanol–water partition coefficient (Wildman–Crippen LogP) is 14.8. The fourth-order valence-corrected chi connectivity index (χ4v) is 11.2. The van der Waals surface area contributed by atoms with Gasteiger partial charge in [-0.2, -0.15) is 4.58 Å². The fraction of sp³-hybridized carbons (Fsp3) is 0.508. The number of quaternary nitrogens is 1. The first kappa shape index (κ1) is 52.3. The van der Waals surface area contributed by atoms with Crippen molar-refractivity contribution in [3.05, 3.63) is 132 Å². The van der Waals surface area contributed by atoms with E-state index < -0.39 is 7.82 Å². The van der Waals surface area contributed by atoms with E-state index in [1.165, 1.54) is 139 Å². The van der Waals surface area contributed by atoms with Crippen LogP contribution in [0.2, 0.25) is 0 Å². The Hall–Kier alpha value is -4.10. The first-order valence-electron chi connectivity index (χ1n) is 25.7. The molecule has 1 unspecified atom stereocenters. The lowest BCUT2D eigenvalue weighted by Gasteiger charge is -2.27. The average Bonchev–Trinajstić information content (AvgIpc) is 3.63. The van der Waals surface area contributed by atoms with Gasteiger partial charge in [0.05, 0.1) is 33.2 Å². The van der Waals surface area contributed by atoms with E-state index >= 15 is 0 Å². The summed E-state index contributed by atoms with van der Waals surface area (Å²) in [6.45, 7) is 11.5. The lowest BCUT2D eigenvalue weighted by atomic mass is 9.79. The van der Waals surface area contributed by atoms with Gasteiger partial charge in [0.15, 0.2) is 5.71 Å². The number of phosphoric acid groups is 1. The van der Waals surface area contributed by atoms with E-state index in [9.17, 15) is 9.46 Å². The van der Waals surface area contributed by atoms with Crippen LogP contribution < -0.4 is 9.79 Å². The normalized spacial score (nSPS) is 17.3. The molecule has 4 aromatic rings. The Labute approximate surface area is 405 Å². The van der Waals surface area contributed by atoms with Crippen LogP contribution in [-0.2, 0) is 24.4 Å². The van der Waals surface area contributed by atoms with Crippen molar-refractivity contribution in [2.75, 3.05) is 59.4 Å². The smallest absolute Gasteiger partial charge is 0.268 e. The topological polar surface area (TPSA) is 64.8 Å². The van der Waals surface area contributed by atoms with Crippen LogP contribution in [0, 0.1) is 0 Å². The molecule has 0 saturated carbocycles. The molecule has 2 heterocycles. The summed E-state index contributed by atoms with van der Waals surface area (Å²) < 4.78 is 24.9. The van der Waals surface area contributed by atoms with Crippen LogP contribution in [0.15, 0.2) is 121 Å². The minimum absolute atomic E-state index is 0.0880. The second-order valence-corrected chi connectivity index (χ2v) is 22.6. The molecule has 0 spiro atoms. The Morgan fingerprint density at radius 1 is 0.597 bits per heavy atom. The Morgan fingerprint density at radius 3 is 1.69 bits per heavy atom. The van der Waals surface area contributed by atoms with Crippen LogP contribution in [0.5, 0.6) is 0 Å². The third kappa shape index (κ3) is 14.2. The second-order valence-electron chi connectivity index (χ2n) is 21.2. The SMILES string of the molecule is C[N+]1=C(/C=C/C=C/C=C/C=C2/N(CCCCCCCCCCCCCCCCCCOP(=O)([O-])OCC[N+](C)(C)C)c3ccc4ccccc4c3C2(C)C)C(C)(C)c2c1ccc1ccccc21. The van der Waals surface area contributed by atoms with Crippen molar-refractivity contribution in [3.63, 3.8) is 0 Å². The van der Waals surface area contributed by atoms with Crippen molar-refractivity contribution < 1.29 is 27.6 Å². The second kappa shape index (κ2) is 24.4. The van der Waals surface area contributed by atoms with Crippen molar-refractivity contribution in [2.24, 2.45) is 0 Å². The lowest BCUT2D eigenvalue weighted by Crippen LogP contribution is -2.37. The minimum Gasteiger partial charge on any atom is -0.756 e. The van der Waals surface area contributed by atoms with Gasteiger partial charge in [-0.15, -0.1) is 0 Å². The minimum atomic E-state index is -4.18. The number of nitrogens with zero attached hydrogens (tertiary/aromatic N) is 3. The zero-order valence-corrected chi connectivity index (χ0v) is 43.4. The number of hydrogen-bond donors (Lipinski definition) is 0.